The quantitative estimate of drug-likeness (QED) is 0.817. The van der Waals surface area contributed by atoms with Crippen molar-refractivity contribution in [3.63, 3.8) is 0 Å². The predicted octanol–water partition coefficient (Wildman–Crippen LogP) is 4.79. The van der Waals surface area contributed by atoms with Gasteiger partial charge in [0.1, 0.15) is 11.6 Å². The molecule has 2 aromatic rings. The van der Waals surface area contributed by atoms with E-state index in [9.17, 15) is 14.3 Å². The fraction of sp³-hybridized carbons (Fsp3) is 0.375. The molecule has 28 heavy (non-hydrogen) atoms. The molecular weight excluding hydrogens is 355 g/mol. The first kappa shape index (κ1) is 17.6. The summed E-state index contributed by atoms with van der Waals surface area (Å²) < 4.78 is 20.5. The van der Waals surface area contributed by atoms with Gasteiger partial charge in [-0.1, -0.05) is 35.9 Å². The van der Waals surface area contributed by atoms with Crippen LogP contribution in [0.15, 0.2) is 42.2 Å². The minimum Gasteiger partial charge on any atom is -0.511 e. The van der Waals surface area contributed by atoms with Crippen LogP contribution < -0.4 is 0 Å². The van der Waals surface area contributed by atoms with Crippen molar-refractivity contribution in [3.05, 3.63) is 75.8 Å². The van der Waals surface area contributed by atoms with E-state index in [4.69, 9.17) is 4.74 Å². The number of allylic oxidation sites excluding steroid dienone is 1. The number of ether oxygens (including phenoxy) is 1. The van der Waals surface area contributed by atoms with Crippen molar-refractivity contribution in [1.82, 2.24) is 0 Å². The fourth-order valence-electron chi connectivity index (χ4n) is 5.76. The largest absolute Gasteiger partial charge is 0.511 e. The lowest BCUT2D eigenvalue weighted by molar-refractivity contribution is -0.118. The van der Waals surface area contributed by atoms with Crippen molar-refractivity contribution in [3.8, 4) is 0 Å². The predicted molar refractivity (Wildman–Crippen MR) is 105 cm³/mol. The van der Waals surface area contributed by atoms with Crippen LogP contribution in [0.1, 0.15) is 40.2 Å². The molecule has 2 aliphatic heterocycles. The number of rotatable bonds is 2. The summed E-state index contributed by atoms with van der Waals surface area (Å²) in [6.07, 6.45) is -0.0116. The van der Waals surface area contributed by atoms with Crippen LogP contribution in [0.5, 0.6) is 0 Å². The summed E-state index contributed by atoms with van der Waals surface area (Å²) >= 11 is 0. The molecule has 2 bridgehead atoms. The molecule has 5 atom stereocenters. The Labute approximate surface area is 163 Å². The average Bonchev–Trinajstić information content (AvgIpc) is 3.28. The summed E-state index contributed by atoms with van der Waals surface area (Å²) in [4.78, 5) is 13.3. The first-order valence-electron chi connectivity index (χ1n) is 9.84. The van der Waals surface area contributed by atoms with E-state index in [1.807, 2.05) is 39.0 Å². The molecule has 0 aromatic heterocycles. The highest BCUT2D eigenvalue weighted by molar-refractivity contribution is 6.26. The van der Waals surface area contributed by atoms with Crippen LogP contribution in [0.2, 0.25) is 0 Å². The van der Waals surface area contributed by atoms with Gasteiger partial charge in [0, 0.05) is 5.92 Å². The van der Waals surface area contributed by atoms with Crippen molar-refractivity contribution in [2.24, 2.45) is 11.8 Å². The Hall–Kier alpha value is -2.46. The van der Waals surface area contributed by atoms with Crippen molar-refractivity contribution < 1.29 is 19.0 Å². The molecule has 2 heterocycles. The second-order valence-electron chi connectivity index (χ2n) is 8.45. The molecule has 5 rings (SSSR count). The number of hydrogen-bond acceptors (Lipinski definition) is 3. The molecule has 3 aliphatic rings. The minimum atomic E-state index is -0.383. The zero-order valence-corrected chi connectivity index (χ0v) is 16.2. The minimum absolute atomic E-state index is 0.0305. The molecule has 0 amide bonds. The molecule has 2 fully saturated rings. The van der Waals surface area contributed by atoms with Crippen LogP contribution in [0.25, 0.3) is 5.57 Å². The highest BCUT2D eigenvalue weighted by Gasteiger charge is 2.62. The number of hydrogen-bond donors (Lipinski definition) is 1. The van der Waals surface area contributed by atoms with Gasteiger partial charge < -0.3 is 9.84 Å². The highest BCUT2D eigenvalue weighted by Crippen LogP contribution is 2.58. The number of carbonyl (C=O) groups is 1. The topological polar surface area (TPSA) is 46.5 Å². The van der Waals surface area contributed by atoms with Gasteiger partial charge in [-0.25, -0.2) is 4.39 Å². The Morgan fingerprint density at radius 2 is 1.75 bits per heavy atom. The van der Waals surface area contributed by atoms with E-state index in [-0.39, 0.29) is 47.3 Å². The van der Waals surface area contributed by atoms with Gasteiger partial charge >= 0.3 is 0 Å². The lowest BCUT2D eigenvalue weighted by Gasteiger charge is -2.28. The van der Waals surface area contributed by atoms with E-state index in [1.165, 1.54) is 6.07 Å². The van der Waals surface area contributed by atoms with Crippen LogP contribution in [-0.4, -0.2) is 23.1 Å². The molecule has 4 heteroatoms. The van der Waals surface area contributed by atoms with Gasteiger partial charge in [0.25, 0.3) is 0 Å². The van der Waals surface area contributed by atoms with E-state index in [1.54, 1.807) is 12.1 Å². The Balaban J connectivity index is 1.59. The molecular formula is C24H23FO3. The lowest BCUT2D eigenvalue weighted by Crippen LogP contribution is -2.33. The molecule has 0 radical (unpaired) electrons. The SMILES string of the molecule is Cc1cc(C)c(C2=C(O)[C@@H]3[C@@H]4O[C@@H](C[C@H]4c4ccccc4F)[C@@H]3C2=O)c(C)c1. The van der Waals surface area contributed by atoms with E-state index >= 15 is 0 Å². The molecule has 1 aliphatic carbocycles. The number of benzene rings is 2. The molecule has 1 N–H and O–H groups in total. The van der Waals surface area contributed by atoms with Crippen LogP contribution in [-0.2, 0) is 9.53 Å². The van der Waals surface area contributed by atoms with Crippen LogP contribution in [0, 0.1) is 38.4 Å². The number of aliphatic hydroxyl groups is 1. The lowest BCUT2D eigenvalue weighted by atomic mass is 9.72. The molecule has 144 valence electrons. The summed E-state index contributed by atoms with van der Waals surface area (Å²) in [5, 5.41) is 11.1. The zero-order chi connectivity index (χ0) is 19.7. The summed E-state index contributed by atoms with van der Waals surface area (Å²) in [6, 6.07) is 10.8. The van der Waals surface area contributed by atoms with E-state index in [2.05, 4.69) is 0 Å². The Morgan fingerprint density at radius 3 is 2.43 bits per heavy atom. The molecule has 3 nitrogen and oxygen atoms in total. The summed E-state index contributed by atoms with van der Waals surface area (Å²) in [7, 11) is 0. The number of fused-ring (bicyclic) bond motifs is 5. The summed E-state index contributed by atoms with van der Waals surface area (Å²) in [5.74, 6) is -1.04. The monoisotopic (exact) mass is 378 g/mol. The van der Waals surface area contributed by atoms with Crippen molar-refractivity contribution in [2.75, 3.05) is 0 Å². The van der Waals surface area contributed by atoms with Gasteiger partial charge in [0.05, 0.1) is 29.6 Å². The maximum absolute atomic E-state index is 14.4. The van der Waals surface area contributed by atoms with Crippen molar-refractivity contribution in [1.29, 1.82) is 0 Å². The van der Waals surface area contributed by atoms with Crippen molar-refractivity contribution in [2.45, 2.75) is 45.3 Å². The fourth-order valence-corrected chi connectivity index (χ4v) is 5.76. The van der Waals surface area contributed by atoms with Gasteiger partial charge in [-0.05, 0) is 55.5 Å². The molecule has 0 unspecified atom stereocenters. The van der Waals surface area contributed by atoms with Gasteiger partial charge in [-0.2, -0.15) is 0 Å². The van der Waals surface area contributed by atoms with Crippen molar-refractivity contribution >= 4 is 11.4 Å². The van der Waals surface area contributed by atoms with E-state index < -0.39 is 0 Å². The maximum atomic E-state index is 14.4. The molecule has 2 aromatic carbocycles. The number of Topliss-reactive ketones (excluding diaryl/α,β-unsaturated/α-hetero) is 1. The van der Waals surface area contributed by atoms with Crippen LogP contribution >= 0.6 is 0 Å². The first-order valence-corrected chi connectivity index (χ1v) is 9.84. The normalized spacial score (nSPS) is 31.0. The summed E-state index contributed by atoms with van der Waals surface area (Å²) in [6.45, 7) is 5.98. The molecule has 0 spiro atoms. The zero-order valence-electron chi connectivity index (χ0n) is 16.2. The Bertz CT molecular complexity index is 1010. The van der Waals surface area contributed by atoms with Gasteiger partial charge in [0.15, 0.2) is 5.78 Å². The van der Waals surface area contributed by atoms with E-state index in [0.29, 0.717) is 17.6 Å². The first-order chi connectivity index (χ1) is 13.4. The highest BCUT2D eigenvalue weighted by atomic mass is 19.1. The second-order valence-corrected chi connectivity index (χ2v) is 8.45. The molecule has 2 saturated heterocycles. The van der Waals surface area contributed by atoms with Crippen LogP contribution in [0.3, 0.4) is 0 Å². The standard InChI is InChI=1S/C24H23FO3/c1-11-8-12(2)18(13(3)9-11)20-22(26)19-17-10-15(14-6-4-5-7-16(14)25)24(28-17)21(19)23(20)27/h4-9,15,17,19,21,24,27H,10H2,1-3H3/t15-,17-,19-,21+,24+/m0/s1. The van der Waals surface area contributed by atoms with Gasteiger partial charge in [-0.15, -0.1) is 0 Å². The van der Waals surface area contributed by atoms with Gasteiger partial charge in [-0.3, -0.25) is 4.79 Å². The number of ketones is 1. The number of carbonyl (C=O) groups excluding carboxylic acids is 1. The number of aryl methyl sites for hydroxylation is 3. The Kier molecular flexibility index (Phi) is 3.79. The number of halogens is 1. The van der Waals surface area contributed by atoms with Crippen LogP contribution in [0.4, 0.5) is 4.39 Å². The number of aliphatic hydroxyl groups excluding tert-OH is 1. The van der Waals surface area contributed by atoms with Gasteiger partial charge in [0.2, 0.25) is 0 Å². The third-order valence-electron chi connectivity index (χ3n) is 6.71. The average molecular weight is 378 g/mol. The molecule has 0 saturated carbocycles. The third kappa shape index (κ3) is 2.27. The summed E-state index contributed by atoms with van der Waals surface area (Å²) in [5.41, 5.74) is 5.01. The maximum Gasteiger partial charge on any atom is 0.173 e. The van der Waals surface area contributed by atoms with E-state index in [0.717, 1.165) is 22.3 Å². The third-order valence-corrected chi connectivity index (χ3v) is 6.71. The Morgan fingerprint density at radius 1 is 1.07 bits per heavy atom. The smallest absolute Gasteiger partial charge is 0.173 e. The second kappa shape index (κ2) is 6.02.